The number of esters is 1. The van der Waals surface area contributed by atoms with E-state index in [4.69, 9.17) is 16.4 Å². The quantitative estimate of drug-likeness (QED) is 0.683. The van der Waals surface area contributed by atoms with Crippen molar-refractivity contribution in [1.82, 2.24) is 15.2 Å². The van der Waals surface area contributed by atoms with Crippen LogP contribution in [0.3, 0.4) is 0 Å². The number of methoxy groups -OCH3 is 1. The van der Waals surface area contributed by atoms with Crippen molar-refractivity contribution in [3.63, 3.8) is 0 Å². The second-order valence-corrected chi connectivity index (χ2v) is 5.52. The normalized spacial score (nSPS) is 10.6. The number of fused-ring (bicyclic) bond motifs is 1. The van der Waals surface area contributed by atoms with E-state index in [9.17, 15) is 14.0 Å². The second kappa shape index (κ2) is 7.36. The lowest BCUT2D eigenvalue weighted by Gasteiger charge is -2.08. The molecule has 0 aliphatic rings. The van der Waals surface area contributed by atoms with Crippen LogP contribution in [0.15, 0.2) is 36.4 Å². The highest BCUT2D eigenvalue weighted by Gasteiger charge is 2.13. The number of hydrogen-bond acceptors (Lipinski definition) is 6. The number of hydrogen-bond donors (Lipinski definition) is 1. The molecule has 8 nitrogen and oxygen atoms in total. The number of ether oxygens (including phenoxy) is 1. The lowest BCUT2D eigenvalue weighted by Crippen LogP contribution is -2.26. The summed E-state index contributed by atoms with van der Waals surface area (Å²) in [5.41, 5.74) is 1.48. The van der Waals surface area contributed by atoms with Crippen LogP contribution in [-0.4, -0.2) is 40.8 Å². The fraction of sp³-hybridized carbons (Fsp3) is 0.125. The largest absolute Gasteiger partial charge is 0.465 e. The minimum atomic E-state index is -0.587. The van der Waals surface area contributed by atoms with Crippen molar-refractivity contribution >= 4 is 40.2 Å². The molecule has 0 spiro atoms. The summed E-state index contributed by atoms with van der Waals surface area (Å²) in [6.07, 6.45) is 0. The third-order valence-corrected chi connectivity index (χ3v) is 3.65. The molecule has 0 atom stereocenters. The van der Waals surface area contributed by atoms with Gasteiger partial charge in [-0.15, -0.1) is 5.10 Å². The van der Waals surface area contributed by atoms with Crippen LogP contribution in [0.25, 0.3) is 11.0 Å². The zero-order valence-electron chi connectivity index (χ0n) is 13.4. The molecule has 3 rings (SSSR count). The molecular formula is C16H12ClFN4O4. The third kappa shape index (κ3) is 3.72. The molecule has 1 amide bonds. The number of nitrogens with zero attached hydrogens (tertiary/aromatic N) is 3. The van der Waals surface area contributed by atoms with Gasteiger partial charge in [0.05, 0.1) is 17.7 Å². The number of amides is 1. The van der Waals surface area contributed by atoms with E-state index in [-0.39, 0.29) is 10.6 Å². The van der Waals surface area contributed by atoms with Gasteiger partial charge in [-0.3, -0.25) is 4.79 Å². The first-order valence-electron chi connectivity index (χ1n) is 7.30. The molecule has 0 radical (unpaired) electrons. The summed E-state index contributed by atoms with van der Waals surface area (Å²) in [6, 6.07) is 8.39. The average Bonchev–Trinajstić information content (AvgIpc) is 3.04. The first-order chi connectivity index (χ1) is 12.5. The summed E-state index contributed by atoms with van der Waals surface area (Å²) in [4.78, 5) is 29.9. The minimum Gasteiger partial charge on any atom is -0.465 e. The molecule has 0 saturated carbocycles. The maximum atomic E-state index is 13.1. The van der Waals surface area contributed by atoms with E-state index >= 15 is 0 Å². The summed E-state index contributed by atoms with van der Waals surface area (Å²) >= 11 is 5.66. The Labute approximate surface area is 151 Å². The van der Waals surface area contributed by atoms with Crippen LogP contribution < -0.4 is 10.2 Å². The summed E-state index contributed by atoms with van der Waals surface area (Å²) in [6.45, 7) is -0.393. The highest BCUT2D eigenvalue weighted by molar-refractivity contribution is 6.31. The van der Waals surface area contributed by atoms with Crippen LogP contribution in [-0.2, 0) is 9.53 Å². The number of carbonyl (C=O) groups is 2. The van der Waals surface area contributed by atoms with Crippen molar-refractivity contribution in [2.24, 2.45) is 0 Å². The molecule has 0 aliphatic carbocycles. The van der Waals surface area contributed by atoms with E-state index in [1.54, 1.807) is 6.07 Å². The molecule has 0 bridgehead atoms. The van der Waals surface area contributed by atoms with E-state index in [0.717, 1.165) is 10.9 Å². The van der Waals surface area contributed by atoms with E-state index in [1.165, 1.54) is 31.4 Å². The van der Waals surface area contributed by atoms with Gasteiger partial charge in [0.1, 0.15) is 16.9 Å². The predicted octanol–water partition coefficient (Wildman–Crippen LogP) is 2.08. The lowest BCUT2D eigenvalue weighted by molar-refractivity contribution is -0.121. The van der Waals surface area contributed by atoms with E-state index in [2.05, 4.69) is 20.4 Å². The Balaban J connectivity index is 1.69. The van der Waals surface area contributed by atoms with Crippen molar-refractivity contribution in [3.05, 3.63) is 52.8 Å². The Morgan fingerprint density at radius 1 is 1.27 bits per heavy atom. The van der Waals surface area contributed by atoms with Gasteiger partial charge in [-0.2, -0.15) is 0 Å². The van der Waals surface area contributed by atoms with Gasteiger partial charge in [0.25, 0.3) is 5.91 Å². The Morgan fingerprint density at radius 3 is 2.81 bits per heavy atom. The van der Waals surface area contributed by atoms with Crippen LogP contribution in [0.5, 0.6) is 0 Å². The zero-order chi connectivity index (χ0) is 18.7. The lowest BCUT2D eigenvalue weighted by atomic mass is 10.2. The van der Waals surface area contributed by atoms with E-state index < -0.39 is 24.3 Å². The zero-order valence-corrected chi connectivity index (χ0v) is 14.2. The Morgan fingerprint density at radius 2 is 2.08 bits per heavy atom. The van der Waals surface area contributed by atoms with Crippen molar-refractivity contribution in [2.75, 3.05) is 19.0 Å². The average molecular weight is 379 g/mol. The maximum absolute atomic E-state index is 13.1. The fourth-order valence-corrected chi connectivity index (χ4v) is 2.31. The Bertz CT molecular complexity index is 992. The molecule has 134 valence electrons. The Kier molecular flexibility index (Phi) is 4.99. The van der Waals surface area contributed by atoms with Crippen LogP contribution in [0.4, 0.5) is 10.1 Å². The molecular weight excluding hydrogens is 367 g/mol. The highest BCUT2D eigenvalue weighted by atomic mass is 35.5. The molecule has 0 fully saturated rings. The molecule has 0 unspecified atom stereocenters. The number of nitrogens with one attached hydrogen (secondary N) is 1. The highest BCUT2D eigenvalue weighted by Crippen LogP contribution is 2.19. The first kappa shape index (κ1) is 17.6. The van der Waals surface area contributed by atoms with Crippen molar-refractivity contribution in [1.29, 1.82) is 0 Å². The topological polar surface area (TPSA) is 95.3 Å². The molecule has 2 aromatic carbocycles. The van der Waals surface area contributed by atoms with Gasteiger partial charge in [0, 0.05) is 5.69 Å². The van der Waals surface area contributed by atoms with E-state index in [0.29, 0.717) is 16.7 Å². The van der Waals surface area contributed by atoms with Gasteiger partial charge in [0.15, 0.2) is 6.61 Å². The third-order valence-electron chi connectivity index (χ3n) is 3.36. The monoisotopic (exact) mass is 378 g/mol. The summed E-state index contributed by atoms with van der Waals surface area (Å²) in [5.74, 6) is -1.62. The van der Waals surface area contributed by atoms with Crippen LogP contribution >= 0.6 is 11.6 Å². The van der Waals surface area contributed by atoms with Crippen LogP contribution in [0, 0.1) is 5.82 Å². The van der Waals surface area contributed by atoms with Gasteiger partial charge in [-0.25, -0.2) is 9.18 Å². The van der Waals surface area contributed by atoms with Crippen molar-refractivity contribution in [3.8, 4) is 0 Å². The van der Waals surface area contributed by atoms with Crippen LogP contribution in [0.2, 0.25) is 5.02 Å². The molecule has 26 heavy (non-hydrogen) atoms. The molecule has 1 aromatic heterocycles. The van der Waals surface area contributed by atoms with E-state index in [1.807, 2.05) is 0 Å². The van der Waals surface area contributed by atoms with Gasteiger partial charge in [-0.1, -0.05) is 16.4 Å². The maximum Gasteiger partial charge on any atom is 0.337 e. The molecule has 0 saturated heterocycles. The number of rotatable bonds is 5. The van der Waals surface area contributed by atoms with Gasteiger partial charge >= 0.3 is 5.97 Å². The number of anilines is 1. The smallest absolute Gasteiger partial charge is 0.337 e. The molecule has 1 heterocycles. The predicted molar refractivity (Wildman–Crippen MR) is 90.4 cm³/mol. The minimum absolute atomic E-state index is 0.110. The van der Waals surface area contributed by atoms with Crippen molar-refractivity contribution in [2.45, 2.75) is 0 Å². The molecule has 0 aliphatic heterocycles. The first-order valence-corrected chi connectivity index (χ1v) is 7.67. The van der Waals surface area contributed by atoms with Gasteiger partial charge in [-0.05, 0) is 41.6 Å². The molecule has 10 heteroatoms. The summed E-state index contributed by atoms with van der Waals surface area (Å²) in [7, 11) is 1.27. The van der Waals surface area contributed by atoms with Gasteiger partial charge < -0.3 is 14.9 Å². The molecule has 1 N–H and O–H groups in total. The van der Waals surface area contributed by atoms with Crippen molar-refractivity contribution < 1.29 is 23.6 Å². The fourth-order valence-electron chi connectivity index (χ4n) is 2.13. The summed E-state index contributed by atoms with van der Waals surface area (Å²) < 4.78 is 17.8. The second-order valence-electron chi connectivity index (χ2n) is 5.11. The Hall–Kier alpha value is -3.20. The number of benzene rings is 2. The number of carbonyl (C=O) groups excluding carboxylic acids is 2. The number of halogens is 2. The van der Waals surface area contributed by atoms with Crippen LogP contribution in [0.1, 0.15) is 10.4 Å². The molecule has 3 aromatic rings. The summed E-state index contributed by atoms with van der Waals surface area (Å²) in [5, 5.41) is 10.0. The van der Waals surface area contributed by atoms with Gasteiger partial charge in [0.2, 0.25) is 0 Å². The standard InChI is InChI=1S/C16H12ClFN4O4/c1-25-16(24)9-2-5-13-14(6-9)22(21-20-13)26-8-15(23)19-10-3-4-12(18)11(17)7-10/h2-7H,8H2,1H3,(H,19,23). The SMILES string of the molecule is COC(=O)c1ccc2nnn(OCC(=O)Nc3ccc(F)c(Cl)c3)c2c1. The number of aromatic nitrogens is 3.